The Hall–Kier alpha value is -3.59. The summed E-state index contributed by atoms with van der Waals surface area (Å²) in [6.07, 6.45) is 8.45. The van der Waals surface area contributed by atoms with Crippen molar-refractivity contribution in [2.24, 2.45) is 41.4 Å². The van der Waals surface area contributed by atoms with Gasteiger partial charge in [-0.05, 0) is 101 Å². The van der Waals surface area contributed by atoms with Crippen LogP contribution < -0.4 is 0 Å². The lowest BCUT2D eigenvalue weighted by Crippen LogP contribution is -2.65. The summed E-state index contributed by atoms with van der Waals surface area (Å²) in [5.74, 6) is -9.50. The van der Waals surface area contributed by atoms with Crippen molar-refractivity contribution >= 4 is 29.2 Å². The highest BCUT2D eigenvalue weighted by atomic mass is 19.3. The summed E-state index contributed by atoms with van der Waals surface area (Å²) in [4.78, 5) is 72.8. The SMILES string of the molecule is COCCOCCOC1C[C@@H]2CC[C@@H](C)[C@@](O)(O2)C(=O)C(=O)N2CCC[C@@H]3C(C[C@@H]4CC[C@@H](OC(F)F)[C@H](OC)C4)[C@H](CC(=O)[C@H](C)/C=C(\C)[C@@H](O)[C@@H](OC)C(=O)[C@H](C)C[C@H](C)/C=C/C=C/C=C/1C)OC(=O)C32. The van der Waals surface area contributed by atoms with E-state index in [1.807, 2.05) is 44.2 Å². The number of allylic oxidation sites excluding steroid dienone is 6. The molecule has 0 aromatic carbocycles. The maximum atomic E-state index is 14.6. The molecule has 0 radical (unpaired) electrons. The summed E-state index contributed by atoms with van der Waals surface area (Å²) in [5.41, 5.74) is 1.17. The standard InChI is InChI=1S/C55H83F2NO15/c1-32-14-11-10-12-15-33(2)44(70-25-24-69-23-22-66-7)30-39-19-17-37(6)55(65,73-39)51(62)52(63)58-21-13-16-40-41(28-38-18-20-43(72-54(56)57)46(29-38)67-8)45(71-53(64)47(40)58)31-42(59)34(3)27-36(5)49(61)50(68-9)48(60)35(4)26-32/h10-12,14-15,27,32,34-35,37-41,43-47,49-50,54,61,65H,13,16-26,28-31H2,1-9H3/b12-10+,14-11+,33-15+,36-27+/t32-,34-,35-,37-,38+,39+,40-,41?,43-,44?,45+,46-,47?,49-,50+,55-/m1/s1. The van der Waals surface area contributed by atoms with Crippen molar-refractivity contribution in [1.82, 2.24) is 4.90 Å². The van der Waals surface area contributed by atoms with Gasteiger partial charge in [-0.3, -0.25) is 19.2 Å². The number of alkyl halides is 2. The van der Waals surface area contributed by atoms with E-state index in [2.05, 4.69) is 0 Å². The number of hydrogen-bond donors (Lipinski definition) is 2. The van der Waals surface area contributed by atoms with Crippen molar-refractivity contribution in [2.45, 2.75) is 173 Å². The molecule has 4 bridgehead atoms. The van der Waals surface area contributed by atoms with Gasteiger partial charge in [-0.25, -0.2) is 4.79 Å². The van der Waals surface area contributed by atoms with E-state index in [0.29, 0.717) is 70.2 Å². The van der Waals surface area contributed by atoms with Gasteiger partial charge in [0, 0.05) is 64.4 Å². The van der Waals surface area contributed by atoms with Crippen LogP contribution in [0.3, 0.4) is 0 Å². The molecule has 18 heteroatoms. The molecule has 1 saturated carbocycles. The normalized spacial score (nSPS) is 39.4. The number of ether oxygens (including phenoxy) is 8. The van der Waals surface area contributed by atoms with Gasteiger partial charge in [-0.1, -0.05) is 64.2 Å². The number of halogens is 2. The lowest BCUT2D eigenvalue weighted by atomic mass is 9.68. The summed E-state index contributed by atoms with van der Waals surface area (Å²) in [6.45, 7) is 8.96. The van der Waals surface area contributed by atoms with E-state index in [0.717, 1.165) is 5.57 Å². The van der Waals surface area contributed by atoms with Crippen molar-refractivity contribution in [3.8, 4) is 0 Å². The zero-order chi connectivity index (χ0) is 53.6. The van der Waals surface area contributed by atoms with Crippen molar-refractivity contribution in [2.75, 3.05) is 54.3 Å². The van der Waals surface area contributed by atoms with Crippen LogP contribution in [0, 0.1) is 41.4 Å². The quantitative estimate of drug-likeness (QED) is 0.0855. The lowest BCUT2D eigenvalue weighted by Gasteiger charge is -2.50. The number of nitrogens with zero attached hydrogens (tertiary/aromatic N) is 1. The van der Waals surface area contributed by atoms with Gasteiger partial charge in [0.05, 0.1) is 50.8 Å². The van der Waals surface area contributed by atoms with Gasteiger partial charge < -0.3 is 53.0 Å². The molecular formula is C55H83F2NO15. The Morgan fingerprint density at radius 1 is 0.849 bits per heavy atom. The van der Waals surface area contributed by atoms with Gasteiger partial charge in [0.1, 0.15) is 30.1 Å². The molecule has 0 spiro atoms. The predicted molar refractivity (Wildman–Crippen MR) is 265 cm³/mol. The minimum Gasteiger partial charge on any atom is -0.460 e. The Balaban J connectivity index is 1.51. The molecule has 16 atom stereocenters. The lowest BCUT2D eigenvalue weighted by molar-refractivity contribution is -0.266. The van der Waals surface area contributed by atoms with Crippen LogP contribution in [0.25, 0.3) is 0 Å². The number of aliphatic hydroxyl groups excluding tert-OH is 1. The number of piperidine rings is 1. The number of ketones is 3. The van der Waals surface area contributed by atoms with Crippen LogP contribution in [0.15, 0.2) is 47.6 Å². The topological polar surface area (TPSA) is 203 Å². The number of rotatable bonds is 13. The summed E-state index contributed by atoms with van der Waals surface area (Å²) in [7, 11) is 4.38. The minimum absolute atomic E-state index is 0.0219. The smallest absolute Gasteiger partial charge is 0.345 e. The molecule has 412 valence electrons. The van der Waals surface area contributed by atoms with Crippen LogP contribution in [-0.4, -0.2) is 160 Å². The Bertz CT molecular complexity index is 1980. The van der Waals surface area contributed by atoms with Gasteiger partial charge in [-0.15, -0.1) is 0 Å². The molecule has 4 heterocycles. The number of carbonyl (C=O) groups excluding carboxylic acids is 5. The molecule has 1 aliphatic carbocycles. The Kier molecular flexibility index (Phi) is 23.5. The van der Waals surface area contributed by atoms with E-state index in [1.54, 1.807) is 40.9 Å². The first kappa shape index (κ1) is 60.3. The number of methoxy groups -OCH3 is 3. The fourth-order valence-corrected chi connectivity index (χ4v) is 11.6. The van der Waals surface area contributed by atoms with E-state index < -0.39 is 108 Å². The van der Waals surface area contributed by atoms with Crippen LogP contribution in [0.4, 0.5) is 8.78 Å². The molecule has 3 unspecified atom stereocenters. The Morgan fingerprint density at radius 2 is 1.59 bits per heavy atom. The van der Waals surface area contributed by atoms with E-state index >= 15 is 0 Å². The fraction of sp³-hybridized carbons (Fsp3) is 0.764. The molecule has 5 aliphatic rings. The van der Waals surface area contributed by atoms with E-state index in [9.17, 15) is 43.0 Å². The van der Waals surface area contributed by atoms with Gasteiger partial charge in [0.25, 0.3) is 11.7 Å². The van der Waals surface area contributed by atoms with E-state index in [-0.39, 0.29) is 62.4 Å². The molecule has 0 aromatic heterocycles. The van der Waals surface area contributed by atoms with Gasteiger partial charge in [-0.2, -0.15) is 8.78 Å². The van der Waals surface area contributed by atoms with Gasteiger partial charge in [0.2, 0.25) is 5.79 Å². The number of aliphatic hydroxyl groups is 2. The predicted octanol–water partition coefficient (Wildman–Crippen LogP) is 6.68. The second kappa shape index (κ2) is 28.5. The average Bonchev–Trinajstić information content (AvgIpc) is 3.35. The van der Waals surface area contributed by atoms with Crippen LogP contribution in [0.1, 0.15) is 112 Å². The maximum Gasteiger partial charge on any atom is 0.345 e. The summed E-state index contributed by atoms with van der Waals surface area (Å²) in [5, 5.41) is 23.7. The average molecular weight is 1040 g/mol. The van der Waals surface area contributed by atoms with Crippen LogP contribution in [-0.2, 0) is 61.9 Å². The molecule has 3 saturated heterocycles. The number of amides is 1. The number of carbonyl (C=O) groups is 5. The minimum atomic E-state index is -2.98. The largest absolute Gasteiger partial charge is 0.460 e. The molecule has 4 fully saturated rings. The molecule has 0 aromatic rings. The number of Topliss-reactive ketones (excluding diaryl/α,β-unsaturated/α-hetero) is 3. The van der Waals surface area contributed by atoms with Gasteiger partial charge >= 0.3 is 12.6 Å². The second-order valence-electron chi connectivity index (χ2n) is 21.1. The zero-order valence-electron chi connectivity index (χ0n) is 44.4. The highest BCUT2D eigenvalue weighted by Gasteiger charge is 2.57. The summed E-state index contributed by atoms with van der Waals surface area (Å²) in [6, 6.07) is -1.23. The maximum absolute atomic E-state index is 14.6. The Labute approximate surface area is 430 Å². The molecular weight excluding hydrogens is 953 g/mol. The molecule has 73 heavy (non-hydrogen) atoms. The zero-order valence-corrected chi connectivity index (χ0v) is 44.4. The molecule has 16 nitrogen and oxygen atoms in total. The summed E-state index contributed by atoms with van der Waals surface area (Å²) >= 11 is 0. The third-order valence-electron chi connectivity index (χ3n) is 15.9. The first-order valence-corrected chi connectivity index (χ1v) is 26.3. The fourth-order valence-electron chi connectivity index (χ4n) is 11.6. The van der Waals surface area contributed by atoms with Crippen LogP contribution in [0.2, 0.25) is 0 Å². The third kappa shape index (κ3) is 16.0. The molecule has 5 rings (SSSR count). The van der Waals surface area contributed by atoms with Crippen molar-refractivity contribution in [3.63, 3.8) is 0 Å². The van der Waals surface area contributed by atoms with Crippen molar-refractivity contribution < 1.29 is 80.9 Å². The first-order valence-electron chi connectivity index (χ1n) is 26.3. The van der Waals surface area contributed by atoms with Gasteiger partial charge in [0.15, 0.2) is 5.78 Å². The molecule has 4 aliphatic heterocycles. The first-order chi connectivity index (χ1) is 34.7. The Morgan fingerprint density at radius 3 is 2.29 bits per heavy atom. The highest BCUT2D eigenvalue weighted by molar-refractivity contribution is 6.39. The third-order valence-corrected chi connectivity index (χ3v) is 15.9. The molecule has 2 N–H and O–H groups in total. The number of esters is 1. The van der Waals surface area contributed by atoms with Crippen molar-refractivity contribution in [1.29, 1.82) is 0 Å². The van der Waals surface area contributed by atoms with E-state index in [4.69, 9.17) is 37.9 Å². The highest BCUT2D eigenvalue weighted by Crippen LogP contribution is 2.46. The summed E-state index contributed by atoms with van der Waals surface area (Å²) < 4.78 is 72.4. The van der Waals surface area contributed by atoms with Crippen molar-refractivity contribution in [3.05, 3.63) is 47.6 Å². The van der Waals surface area contributed by atoms with Crippen LogP contribution >= 0.6 is 0 Å². The molecule has 1 amide bonds. The second-order valence-corrected chi connectivity index (χ2v) is 21.1. The van der Waals surface area contributed by atoms with Crippen LogP contribution in [0.5, 0.6) is 0 Å². The number of fused-ring (bicyclic) bond motifs is 4. The number of hydrogen-bond acceptors (Lipinski definition) is 15. The monoisotopic (exact) mass is 1040 g/mol. The van der Waals surface area contributed by atoms with E-state index in [1.165, 1.54) is 19.1 Å².